The predicted molar refractivity (Wildman–Crippen MR) is 127 cm³/mol. The lowest BCUT2D eigenvalue weighted by Crippen LogP contribution is -2.70. The molecule has 8 nitrogen and oxygen atoms in total. The number of carbonyl (C=O) groups excluding carboxylic acids is 2. The van der Waals surface area contributed by atoms with Crippen molar-refractivity contribution in [3.63, 3.8) is 0 Å². The maximum atomic E-state index is 13.3. The van der Waals surface area contributed by atoms with Crippen LogP contribution in [0.2, 0.25) is 0 Å². The molecule has 4 aliphatic carbocycles. The summed E-state index contributed by atoms with van der Waals surface area (Å²) in [6, 6.07) is 0. The van der Waals surface area contributed by atoms with Crippen LogP contribution in [0.4, 0.5) is 0 Å². The van der Waals surface area contributed by atoms with E-state index in [1.807, 2.05) is 13.8 Å². The first-order chi connectivity index (χ1) is 16.8. The molecule has 1 saturated heterocycles. The monoisotopic (exact) mass is 502 g/mol. The Morgan fingerprint density at radius 1 is 1.08 bits per heavy atom. The van der Waals surface area contributed by atoms with Gasteiger partial charge >= 0.3 is 5.97 Å². The molecule has 6 aliphatic rings. The molecule has 12 atom stereocenters. The van der Waals surface area contributed by atoms with Crippen LogP contribution in [-0.2, 0) is 19.1 Å². The van der Waals surface area contributed by atoms with Gasteiger partial charge in [0.1, 0.15) is 17.3 Å². The van der Waals surface area contributed by atoms with E-state index in [0.29, 0.717) is 31.3 Å². The second kappa shape index (κ2) is 7.50. The molecule has 2 aliphatic heterocycles. The molecule has 0 radical (unpaired) electrons. The first kappa shape index (κ1) is 24.7. The van der Waals surface area contributed by atoms with Crippen molar-refractivity contribution >= 4 is 11.8 Å². The van der Waals surface area contributed by atoms with Gasteiger partial charge in [-0.1, -0.05) is 11.6 Å². The predicted octanol–water partition coefficient (Wildman–Crippen LogP) is 1.79. The van der Waals surface area contributed by atoms with E-state index in [4.69, 9.17) is 9.47 Å². The maximum Gasteiger partial charge on any atom is 0.334 e. The third-order valence-corrected chi connectivity index (χ3v) is 11.8. The van der Waals surface area contributed by atoms with Crippen LogP contribution < -0.4 is 0 Å². The van der Waals surface area contributed by atoms with Gasteiger partial charge in [-0.2, -0.15) is 0 Å². The third-order valence-electron chi connectivity index (χ3n) is 11.8. The second-order valence-electron chi connectivity index (χ2n) is 12.8. The minimum absolute atomic E-state index is 0.190. The van der Waals surface area contributed by atoms with Gasteiger partial charge in [-0.3, -0.25) is 4.79 Å². The number of hydrogen-bond acceptors (Lipinski definition) is 8. The van der Waals surface area contributed by atoms with Gasteiger partial charge < -0.3 is 29.9 Å². The maximum absolute atomic E-state index is 13.3. The number of ketones is 1. The highest BCUT2D eigenvalue weighted by Crippen LogP contribution is 2.72. The summed E-state index contributed by atoms with van der Waals surface area (Å²) in [6.07, 6.45) is 1.93. The van der Waals surface area contributed by atoms with E-state index < -0.39 is 52.6 Å². The van der Waals surface area contributed by atoms with Crippen LogP contribution in [0.15, 0.2) is 23.3 Å². The van der Waals surface area contributed by atoms with E-state index in [-0.39, 0.29) is 42.3 Å². The zero-order chi connectivity index (χ0) is 26.0. The summed E-state index contributed by atoms with van der Waals surface area (Å²) in [5.74, 6) is -1.76. The molecule has 4 fully saturated rings. The summed E-state index contributed by atoms with van der Waals surface area (Å²) in [5, 5.41) is 45.9. The molecule has 198 valence electrons. The lowest BCUT2D eigenvalue weighted by molar-refractivity contribution is -0.254. The Morgan fingerprint density at radius 2 is 1.81 bits per heavy atom. The normalized spacial score (nSPS) is 56.1. The zero-order valence-electron chi connectivity index (χ0n) is 21.4. The number of carbonyl (C=O) groups is 2. The minimum atomic E-state index is -1.55. The zero-order valence-corrected chi connectivity index (χ0v) is 21.4. The molecule has 8 heteroatoms. The Labute approximate surface area is 211 Å². The van der Waals surface area contributed by atoms with Crippen molar-refractivity contribution in [3.8, 4) is 0 Å². The minimum Gasteiger partial charge on any atom is -0.456 e. The standard InChI is InChI=1S/C28H38O8/c1-13-10-21(35-23(32)14(13)2)26(4)18-12-17(29)22-15-11-20(31)28(34)8-5-6-19(30)25(28,3)16(15)7-9-27(18,22)24(33)36-26/h5-6,15-18,20-22,24,29,31,33-34H,7-12H2,1-4H3. The summed E-state index contributed by atoms with van der Waals surface area (Å²) < 4.78 is 12.2. The molecular weight excluding hydrogens is 464 g/mol. The van der Waals surface area contributed by atoms with Crippen molar-refractivity contribution in [2.45, 2.75) is 102 Å². The van der Waals surface area contributed by atoms with Crippen LogP contribution in [0, 0.1) is 34.5 Å². The molecule has 3 saturated carbocycles. The average Bonchev–Trinajstić information content (AvgIpc) is 3.24. The average molecular weight is 503 g/mol. The largest absolute Gasteiger partial charge is 0.456 e. The number of hydrogen-bond donors (Lipinski definition) is 4. The quantitative estimate of drug-likeness (QED) is 0.399. The van der Waals surface area contributed by atoms with Crippen LogP contribution in [0.25, 0.3) is 0 Å². The Bertz CT molecular complexity index is 1080. The number of fused-ring (bicyclic) bond motifs is 4. The Hall–Kier alpha value is -1.58. The fourth-order valence-corrected chi connectivity index (χ4v) is 9.65. The Balaban J connectivity index is 1.40. The molecule has 0 bridgehead atoms. The highest BCUT2D eigenvalue weighted by Gasteiger charge is 2.77. The molecule has 6 rings (SSSR count). The van der Waals surface area contributed by atoms with E-state index >= 15 is 0 Å². The number of aliphatic hydroxyl groups is 4. The number of allylic oxidation sites excluding steroid dienone is 1. The smallest absolute Gasteiger partial charge is 0.334 e. The molecule has 1 spiro atoms. The van der Waals surface area contributed by atoms with Crippen LogP contribution >= 0.6 is 0 Å². The van der Waals surface area contributed by atoms with Gasteiger partial charge in [-0.25, -0.2) is 4.79 Å². The van der Waals surface area contributed by atoms with Crippen molar-refractivity contribution < 1.29 is 39.5 Å². The number of esters is 1. The fraction of sp³-hybridized carbons (Fsp3) is 0.786. The molecular formula is C28H38O8. The van der Waals surface area contributed by atoms with Gasteiger partial charge in [0.05, 0.1) is 17.6 Å². The highest BCUT2D eigenvalue weighted by molar-refractivity contribution is 5.97. The van der Waals surface area contributed by atoms with E-state index in [0.717, 1.165) is 5.57 Å². The number of cyclic esters (lactones) is 1. The highest BCUT2D eigenvalue weighted by atomic mass is 16.6. The molecule has 36 heavy (non-hydrogen) atoms. The molecule has 4 N–H and O–H groups in total. The lowest BCUT2D eigenvalue weighted by atomic mass is 9.42. The first-order valence-electron chi connectivity index (χ1n) is 13.3. The van der Waals surface area contributed by atoms with Crippen molar-refractivity contribution in [1.82, 2.24) is 0 Å². The van der Waals surface area contributed by atoms with Gasteiger partial charge in [0, 0.05) is 23.3 Å². The van der Waals surface area contributed by atoms with Gasteiger partial charge in [-0.15, -0.1) is 0 Å². The van der Waals surface area contributed by atoms with Crippen LogP contribution in [0.3, 0.4) is 0 Å². The van der Waals surface area contributed by atoms with Crippen LogP contribution in [0.1, 0.15) is 66.2 Å². The summed E-state index contributed by atoms with van der Waals surface area (Å²) in [6.45, 7) is 7.30. The fourth-order valence-electron chi connectivity index (χ4n) is 9.65. The van der Waals surface area contributed by atoms with E-state index in [2.05, 4.69) is 0 Å². The molecule has 0 aromatic rings. The van der Waals surface area contributed by atoms with E-state index in [1.54, 1.807) is 19.9 Å². The lowest BCUT2D eigenvalue weighted by Gasteiger charge is -2.63. The molecule has 12 unspecified atom stereocenters. The van der Waals surface area contributed by atoms with Crippen molar-refractivity contribution in [3.05, 3.63) is 23.3 Å². The summed E-state index contributed by atoms with van der Waals surface area (Å²) >= 11 is 0. The van der Waals surface area contributed by atoms with Gasteiger partial charge in [0.2, 0.25) is 0 Å². The topological polar surface area (TPSA) is 134 Å². The van der Waals surface area contributed by atoms with Crippen molar-refractivity contribution in [2.75, 3.05) is 0 Å². The molecule has 2 heterocycles. The van der Waals surface area contributed by atoms with Gasteiger partial charge in [0.15, 0.2) is 12.1 Å². The number of rotatable bonds is 1. The van der Waals surface area contributed by atoms with Crippen molar-refractivity contribution in [1.29, 1.82) is 0 Å². The van der Waals surface area contributed by atoms with Gasteiger partial charge in [0.25, 0.3) is 0 Å². The van der Waals surface area contributed by atoms with E-state index in [9.17, 15) is 30.0 Å². The van der Waals surface area contributed by atoms with E-state index in [1.165, 1.54) is 6.08 Å². The van der Waals surface area contributed by atoms with Crippen LogP contribution in [-0.4, -0.2) is 68.0 Å². The SMILES string of the molecule is CC1=C(C)C(=O)OC(C2(C)OC(O)C34CCC5C(CC(O)C6(O)CC=CC(=O)C56C)C3C(O)CC24)C1. The first-order valence-corrected chi connectivity index (χ1v) is 13.3. The summed E-state index contributed by atoms with van der Waals surface area (Å²) in [7, 11) is 0. The molecule has 0 aromatic carbocycles. The summed E-state index contributed by atoms with van der Waals surface area (Å²) in [4.78, 5) is 25.8. The molecule has 0 aromatic heterocycles. The summed E-state index contributed by atoms with van der Waals surface area (Å²) in [5.41, 5.74) is -2.97. The number of ether oxygens (including phenoxy) is 2. The van der Waals surface area contributed by atoms with Crippen LogP contribution in [0.5, 0.6) is 0 Å². The second-order valence-corrected chi connectivity index (χ2v) is 12.8. The Kier molecular flexibility index (Phi) is 5.16. The third kappa shape index (κ3) is 2.67. The molecule has 0 amide bonds. The Morgan fingerprint density at radius 3 is 2.50 bits per heavy atom. The van der Waals surface area contributed by atoms with Gasteiger partial charge in [-0.05, 0) is 83.6 Å². The number of aliphatic hydroxyl groups excluding tert-OH is 3. The van der Waals surface area contributed by atoms with Crippen molar-refractivity contribution in [2.24, 2.45) is 34.5 Å².